The van der Waals surface area contributed by atoms with Gasteiger partial charge in [0.1, 0.15) is 23.9 Å². The Balaban J connectivity index is 1.60. The number of nitrogens with one attached hydrogen (secondary N) is 1. The summed E-state index contributed by atoms with van der Waals surface area (Å²) in [4.78, 5) is 12.2. The van der Waals surface area contributed by atoms with E-state index in [1.54, 1.807) is 24.3 Å². The minimum absolute atomic E-state index is 0.0195. The molecule has 0 fully saturated rings. The maximum Gasteiger partial charge on any atom is 0.573 e. The van der Waals surface area contributed by atoms with Gasteiger partial charge in [0.05, 0.1) is 10.6 Å². The van der Waals surface area contributed by atoms with Crippen LogP contribution in [0.3, 0.4) is 0 Å². The Bertz CT molecular complexity index is 1270. The lowest BCUT2D eigenvalue weighted by molar-refractivity contribution is -0.274. The van der Waals surface area contributed by atoms with E-state index in [9.17, 15) is 26.4 Å². The fourth-order valence-corrected chi connectivity index (χ4v) is 4.91. The molecule has 3 rings (SSSR count). The maximum atomic E-state index is 13.0. The molecule has 0 aliphatic heterocycles. The van der Waals surface area contributed by atoms with Crippen LogP contribution in [0.15, 0.2) is 83.8 Å². The Morgan fingerprint density at radius 2 is 1.47 bits per heavy atom. The Labute approximate surface area is 217 Å². The standard InChI is InChI=1S/C26H26F3NO7S/c27-26(28,29)37-23-10-8-21(9-11-23)36-22-12-14-24(15-13-22)38(33,34)18-20(7-4-16-31)30-25(32)35-17-19-5-2-1-3-6-19/h1-3,5-6,8-15,20,31H,4,7,16-18H2,(H,30,32). The number of sulfone groups is 1. The summed E-state index contributed by atoms with van der Waals surface area (Å²) >= 11 is 0. The molecule has 1 atom stereocenters. The van der Waals surface area contributed by atoms with Gasteiger partial charge in [-0.25, -0.2) is 13.2 Å². The van der Waals surface area contributed by atoms with Crippen LogP contribution in [0.25, 0.3) is 0 Å². The van der Waals surface area contributed by atoms with E-state index in [2.05, 4.69) is 10.1 Å². The Morgan fingerprint density at radius 1 is 0.895 bits per heavy atom. The normalized spacial score (nSPS) is 12.4. The number of hydrogen-bond acceptors (Lipinski definition) is 7. The van der Waals surface area contributed by atoms with Gasteiger partial charge in [0.25, 0.3) is 0 Å². The van der Waals surface area contributed by atoms with Crippen molar-refractivity contribution < 1.29 is 45.7 Å². The van der Waals surface area contributed by atoms with Crippen LogP contribution in [0.5, 0.6) is 17.2 Å². The minimum Gasteiger partial charge on any atom is -0.457 e. The number of aliphatic hydroxyl groups is 1. The third-order valence-electron chi connectivity index (χ3n) is 5.14. The highest BCUT2D eigenvalue weighted by Gasteiger charge is 2.31. The molecule has 0 aliphatic rings. The molecule has 0 bridgehead atoms. The molecule has 0 saturated carbocycles. The van der Waals surface area contributed by atoms with E-state index >= 15 is 0 Å². The van der Waals surface area contributed by atoms with Gasteiger partial charge < -0.3 is 24.6 Å². The van der Waals surface area contributed by atoms with Crippen LogP contribution in [-0.2, 0) is 21.2 Å². The molecule has 3 aromatic rings. The number of benzene rings is 3. The van der Waals surface area contributed by atoms with Crippen molar-refractivity contribution in [1.29, 1.82) is 0 Å². The predicted octanol–water partition coefficient (Wildman–Crippen LogP) is 5.22. The summed E-state index contributed by atoms with van der Waals surface area (Å²) in [5, 5.41) is 11.7. The number of amides is 1. The average Bonchev–Trinajstić information content (AvgIpc) is 2.87. The Morgan fingerprint density at radius 3 is 2.05 bits per heavy atom. The van der Waals surface area contributed by atoms with Crippen molar-refractivity contribution in [2.45, 2.75) is 36.7 Å². The van der Waals surface area contributed by atoms with E-state index < -0.39 is 39.8 Å². The molecule has 0 aromatic heterocycles. The van der Waals surface area contributed by atoms with E-state index in [-0.39, 0.29) is 42.4 Å². The molecule has 12 heteroatoms. The molecule has 3 aromatic carbocycles. The zero-order chi connectivity index (χ0) is 27.6. The quantitative estimate of drug-likeness (QED) is 0.316. The molecule has 1 amide bonds. The van der Waals surface area contributed by atoms with Crippen molar-refractivity contribution in [3.05, 3.63) is 84.4 Å². The first-order chi connectivity index (χ1) is 18.0. The molecule has 0 saturated heterocycles. The first-order valence-electron chi connectivity index (χ1n) is 11.5. The van der Waals surface area contributed by atoms with Gasteiger partial charge in [-0.3, -0.25) is 0 Å². The largest absolute Gasteiger partial charge is 0.573 e. The summed E-state index contributed by atoms with van der Waals surface area (Å²) in [6, 6.07) is 18.4. The third kappa shape index (κ3) is 9.60. The first-order valence-corrected chi connectivity index (χ1v) is 13.1. The van der Waals surface area contributed by atoms with E-state index in [0.29, 0.717) is 0 Å². The second kappa shape index (κ2) is 13.2. The predicted molar refractivity (Wildman–Crippen MR) is 132 cm³/mol. The smallest absolute Gasteiger partial charge is 0.457 e. The van der Waals surface area contributed by atoms with Crippen molar-refractivity contribution in [2.24, 2.45) is 0 Å². The lowest BCUT2D eigenvalue weighted by atomic mass is 10.2. The second-order valence-electron chi connectivity index (χ2n) is 8.14. The van der Waals surface area contributed by atoms with Gasteiger partial charge in [0.15, 0.2) is 9.84 Å². The molecule has 2 N–H and O–H groups in total. The van der Waals surface area contributed by atoms with Crippen LogP contribution in [-0.4, -0.2) is 44.4 Å². The molecule has 0 aliphatic carbocycles. The highest BCUT2D eigenvalue weighted by Crippen LogP contribution is 2.28. The summed E-state index contributed by atoms with van der Waals surface area (Å²) in [7, 11) is -3.85. The van der Waals surface area contributed by atoms with Crippen molar-refractivity contribution >= 4 is 15.9 Å². The summed E-state index contributed by atoms with van der Waals surface area (Å²) in [5.41, 5.74) is 0.773. The fraction of sp³-hybridized carbons (Fsp3) is 0.269. The van der Waals surface area contributed by atoms with Crippen LogP contribution in [0.2, 0.25) is 0 Å². The average molecular weight is 554 g/mol. The zero-order valence-electron chi connectivity index (χ0n) is 20.1. The van der Waals surface area contributed by atoms with E-state index in [0.717, 1.165) is 17.7 Å². The van der Waals surface area contributed by atoms with Crippen molar-refractivity contribution in [1.82, 2.24) is 5.32 Å². The monoisotopic (exact) mass is 553 g/mol. The number of ether oxygens (including phenoxy) is 3. The number of alkyl halides is 3. The van der Waals surface area contributed by atoms with Crippen molar-refractivity contribution in [3.8, 4) is 17.2 Å². The highest BCUT2D eigenvalue weighted by atomic mass is 32.2. The number of carbonyl (C=O) groups is 1. The van der Waals surface area contributed by atoms with E-state index in [1.165, 1.54) is 36.4 Å². The summed E-state index contributed by atoms with van der Waals surface area (Å²) in [6.07, 6.45) is -5.09. The third-order valence-corrected chi connectivity index (χ3v) is 6.97. The molecule has 1 unspecified atom stereocenters. The number of alkyl carbamates (subject to hydrolysis) is 1. The highest BCUT2D eigenvalue weighted by molar-refractivity contribution is 7.91. The first kappa shape index (κ1) is 28.8. The van der Waals surface area contributed by atoms with Crippen molar-refractivity contribution in [2.75, 3.05) is 12.4 Å². The van der Waals surface area contributed by atoms with E-state index in [4.69, 9.17) is 14.6 Å². The molecule has 0 heterocycles. The number of halogens is 3. The summed E-state index contributed by atoms with van der Waals surface area (Å²) < 4.78 is 77.4. The van der Waals surface area contributed by atoms with Crippen molar-refractivity contribution in [3.63, 3.8) is 0 Å². The van der Waals surface area contributed by atoms with Crippen LogP contribution in [0, 0.1) is 0 Å². The molecule has 38 heavy (non-hydrogen) atoms. The fourth-order valence-electron chi connectivity index (χ4n) is 3.39. The molecular weight excluding hydrogens is 527 g/mol. The van der Waals surface area contributed by atoms with E-state index in [1.807, 2.05) is 6.07 Å². The number of aliphatic hydroxyl groups excluding tert-OH is 1. The lowest BCUT2D eigenvalue weighted by Gasteiger charge is -2.18. The maximum absolute atomic E-state index is 13.0. The topological polar surface area (TPSA) is 111 Å². The lowest BCUT2D eigenvalue weighted by Crippen LogP contribution is -2.40. The number of rotatable bonds is 12. The van der Waals surface area contributed by atoms with Crippen LogP contribution in [0.1, 0.15) is 18.4 Å². The summed E-state index contributed by atoms with van der Waals surface area (Å²) in [5.74, 6) is -0.348. The SMILES string of the molecule is O=C(NC(CCCO)CS(=O)(=O)c1ccc(Oc2ccc(OC(F)(F)F)cc2)cc1)OCc1ccccc1. The molecule has 0 radical (unpaired) electrons. The van der Waals surface area contributed by atoms with Gasteiger partial charge in [0, 0.05) is 12.6 Å². The Kier molecular flexibility index (Phi) is 9.97. The van der Waals surface area contributed by atoms with Gasteiger partial charge in [-0.15, -0.1) is 13.2 Å². The van der Waals surface area contributed by atoms with Gasteiger partial charge in [-0.1, -0.05) is 30.3 Å². The van der Waals surface area contributed by atoms with Crippen LogP contribution >= 0.6 is 0 Å². The molecule has 8 nitrogen and oxygen atoms in total. The summed E-state index contributed by atoms with van der Waals surface area (Å²) in [6.45, 7) is -0.154. The minimum atomic E-state index is -4.81. The second-order valence-corrected chi connectivity index (χ2v) is 10.2. The van der Waals surface area contributed by atoms with Gasteiger partial charge >= 0.3 is 12.5 Å². The number of hydrogen-bond donors (Lipinski definition) is 2. The molecular formula is C26H26F3NO7S. The van der Waals surface area contributed by atoms with Crippen LogP contribution < -0.4 is 14.8 Å². The van der Waals surface area contributed by atoms with Crippen LogP contribution in [0.4, 0.5) is 18.0 Å². The van der Waals surface area contributed by atoms with Gasteiger partial charge in [0.2, 0.25) is 0 Å². The zero-order valence-corrected chi connectivity index (χ0v) is 20.9. The Hall–Kier alpha value is -3.77. The van der Waals surface area contributed by atoms with Gasteiger partial charge in [-0.05, 0) is 66.9 Å². The van der Waals surface area contributed by atoms with Gasteiger partial charge in [-0.2, -0.15) is 0 Å². The molecule has 204 valence electrons. The molecule has 0 spiro atoms. The number of carbonyl (C=O) groups excluding carboxylic acids is 1.